The van der Waals surface area contributed by atoms with E-state index in [2.05, 4.69) is 25.3 Å². The van der Waals surface area contributed by atoms with E-state index in [9.17, 15) is 28.2 Å². The Kier molecular flexibility index (Phi) is 5.99. The van der Waals surface area contributed by atoms with Gasteiger partial charge >= 0.3 is 12.1 Å². The van der Waals surface area contributed by atoms with Gasteiger partial charge in [-0.1, -0.05) is 13.8 Å². The van der Waals surface area contributed by atoms with Crippen LogP contribution in [0.4, 0.5) is 24.8 Å². The van der Waals surface area contributed by atoms with Crippen molar-refractivity contribution in [1.29, 1.82) is 0 Å². The molecule has 0 aliphatic heterocycles. The van der Waals surface area contributed by atoms with Gasteiger partial charge in [-0.3, -0.25) is 4.79 Å². The molecule has 2 atom stereocenters. The highest BCUT2D eigenvalue weighted by atomic mass is 32.1. The number of benzene rings is 1. The van der Waals surface area contributed by atoms with E-state index in [-0.39, 0.29) is 18.8 Å². The first-order chi connectivity index (χ1) is 17.4. The fourth-order valence-corrected chi connectivity index (χ4v) is 6.20. The summed E-state index contributed by atoms with van der Waals surface area (Å²) in [6, 6.07) is 6.20. The van der Waals surface area contributed by atoms with E-state index in [1.54, 1.807) is 24.5 Å². The molecule has 37 heavy (non-hydrogen) atoms. The molecule has 194 valence electrons. The number of hydrogen-bond acceptors (Lipinski definition) is 7. The van der Waals surface area contributed by atoms with E-state index < -0.39 is 34.8 Å². The second kappa shape index (κ2) is 8.80. The Morgan fingerprint density at radius 1 is 1.24 bits per heavy atom. The van der Waals surface area contributed by atoms with Crippen molar-refractivity contribution in [3.05, 3.63) is 53.6 Å². The van der Waals surface area contributed by atoms with Gasteiger partial charge in [0.15, 0.2) is 0 Å². The number of aliphatic hydroxyl groups is 1. The van der Waals surface area contributed by atoms with E-state index in [1.165, 1.54) is 11.3 Å². The number of halogens is 3. The fraction of sp³-hybridized carbons (Fsp3) is 0.360. The number of nitrogens with zero attached hydrogens (tertiary/aromatic N) is 3. The Hall–Kier alpha value is -3.51. The minimum atomic E-state index is -4.59. The smallest absolute Gasteiger partial charge is 0.433 e. The van der Waals surface area contributed by atoms with Crippen molar-refractivity contribution in [3.63, 3.8) is 0 Å². The molecule has 3 heterocycles. The first-order valence-electron chi connectivity index (χ1n) is 11.6. The molecule has 0 bridgehead atoms. The number of anilines is 2. The first-order valence-corrected chi connectivity index (χ1v) is 12.4. The maximum absolute atomic E-state index is 13.1. The van der Waals surface area contributed by atoms with Gasteiger partial charge < -0.3 is 20.5 Å². The lowest BCUT2D eigenvalue weighted by Gasteiger charge is -2.44. The minimum absolute atomic E-state index is 0.191. The lowest BCUT2D eigenvalue weighted by Crippen LogP contribution is -2.44. The Morgan fingerprint density at radius 3 is 2.73 bits per heavy atom. The number of nitrogens with one attached hydrogen (secondary N) is 2. The van der Waals surface area contributed by atoms with Crippen LogP contribution in [0.25, 0.3) is 21.3 Å². The molecule has 1 saturated carbocycles. The molecule has 1 aliphatic rings. The standard InChI is InChI=1S/C25H24F3N5O3S/c1-23(2)12-24(36,6-3-16(23)20(34)35)21-31-11-18(37-21)15-9-13(10-17-14(15)4-7-29-17)32-22-30-8-5-19(33-22)25(26,27)28/h4-5,7-11,16,29,36H,3,6,12H2,1-2H3,(H,34,35)(H,30,32,33)/t16-,24-/m1/s1. The lowest BCUT2D eigenvalue weighted by molar-refractivity contribution is -0.154. The zero-order valence-corrected chi connectivity index (χ0v) is 20.7. The maximum atomic E-state index is 13.1. The highest BCUT2D eigenvalue weighted by molar-refractivity contribution is 7.15. The van der Waals surface area contributed by atoms with Crippen molar-refractivity contribution in [2.24, 2.45) is 11.3 Å². The highest BCUT2D eigenvalue weighted by Gasteiger charge is 2.49. The Morgan fingerprint density at radius 2 is 2.03 bits per heavy atom. The molecule has 0 unspecified atom stereocenters. The van der Waals surface area contributed by atoms with Gasteiger partial charge in [0.05, 0.1) is 10.8 Å². The summed E-state index contributed by atoms with van der Waals surface area (Å²) < 4.78 is 39.2. The zero-order chi connectivity index (χ0) is 26.6. The van der Waals surface area contributed by atoms with Crippen molar-refractivity contribution in [2.45, 2.75) is 44.9 Å². The molecular weight excluding hydrogens is 507 g/mol. The third kappa shape index (κ3) is 4.78. The van der Waals surface area contributed by atoms with Crippen LogP contribution in [0.15, 0.2) is 42.9 Å². The SMILES string of the molecule is CC1(C)C[C@@](O)(c2ncc(-c3cc(Nc4nccc(C(F)(F)F)n4)cc4[nH]ccc34)s2)CC[C@@H]1C(=O)O. The number of alkyl halides is 3. The average molecular weight is 532 g/mol. The van der Waals surface area contributed by atoms with Crippen LogP contribution < -0.4 is 5.32 Å². The molecule has 4 aromatic rings. The second-order valence-electron chi connectivity index (χ2n) is 10.0. The van der Waals surface area contributed by atoms with Crippen LogP contribution in [0.2, 0.25) is 0 Å². The number of carboxylic acid groups (broad SMARTS) is 1. The molecule has 12 heteroatoms. The molecular formula is C25H24F3N5O3S. The predicted molar refractivity (Wildman–Crippen MR) is 132 cm³/mol. The minimum Gasteiger partial charge on any atom is -0.481 e. The molecule has 3 aromatic heterocycles. The van der Waals surface area contributed by atoms with E-state index in [0.717, 1.165) is 33.6 Å². The summed E-state index contributed by atoms with van der Waals surface area (Å²) in [4.78, 5) is 27.5. The molecule has 1 aromatic carbocycles. The molecule has 1 aliphatic carbocycles. The number of aromatic amines is 1. The molecule has 8 nitrogen and oxygen atoms in total. The number of rotatable bonds is 5. The third-order valence-electron chi connectivity index (χ3n) is 6.88. The Balaban J connectivity index is 1.48. The van der Waals surface area contributed by atoms with E-state index >= 15 is 0 Å². The van der Waals surface area contributed by atoms with Gasteiger partial charge in [-0.2, -0.15) is 13.2 Å². The number of fused-ring (bicyclic) bond motifs is 1. The van der Waals surface area contributed by atoms with Crippen molar-refractivity contribution in [1.82, 2.24) is 19.9 Å². The summed E-state index contributed by atoms with van der Waals surface area (Å²) >= 11 is 1.31. The highest BCUT2D eigenvalue weighted by Crippen LogP contribution is 2.51. The number of carboxylic acids is 1. The van der Waals surface area contributed by atoms with Crippen LogP contribution in [-0.4, -0.2) is 36.1 Å². The van der Waals surface area contributed by atoms with Crippen LogP contribution in [0.3, 0.4) is 0 Å². The Bertz CT molecular complexity index is 1480. The quantitative estimate of drug-likeness (QED) is 0.251. The van der Waals surface area contributed by atoms with Crippen LogP contribution in [-0.2, 0) is 16.6 Å². The number of aromatic nitrogens is 4. The second-order valence-corrected chi connectivity index (χ2v) is 11.0. The van der Waals surface area contributed by atoms with Crippen LogP contribution >= 0.6 is 11.3 Å². The number of aliphatic carboxylic acids is 1. The molecule has 0 radical (unpaired) electrons. The van der Waals surface area contributed by atoms with Crippen molar-refractivity contribution >= 4 is 39.8 Å². The van der Waals surface area contributed by atoms with Gasteiger partial charge in [0.1, 0.15) is 16.3 Å². The molecule has 0 saturated heterocycles. The molecule has 5 rings (SSSR count). The summed E-state index contributed by atoms with van der Waals surface area (Å²) in [5, 5.41) is 25.3. The zero-order valence-electron chi connectivity index (χ0n) is 19.9. The predicted octanol–water partition coefficient (Wildman–Crippen LogP) is 5.94. The van der Waals surface area contributed by atoms with Gasteiger partial charge in [-0.05, 0) is 48.9 Å². The topological polar surface area (TPSA) is 124 Å². The molecule has 0 spiro atoms. The number of thiazole rings is 1. The average Bonchev–Trinajstić information content (AvgIpc) is 3.47. The monoisotopic (exact) mass is 531 g/mol. The van der Waals surface area contributed by atoms with Gasteiger partial charge in [0.25, 0.3) is 0 Å². The van der Waals surface area contributed by atoms with Gasteiger partial charge in [-0.25, -0.2) is 15.0 Å². The summed E-state index contributed by atoms with van der Waals surface area (Å²) in [6.45, 7) is 3.69. The summed E-state index contributed by atoms with van der Waals surface area (Å²) in [6.07, 6.45) is 0.747. The van der Waals surface area contributed by atoms with Gasteiger partial charge in [-0.15, -0.1) is 11.3 Å². The van der Waals surface area contributed by atoms with Crippen molar-refractivity contribution in [2.75, 3.05) is 5.32 Å². The summed E-state index contributed by atoms with van der Waals surface area (Å²) in [7, 11) is 0. The molecule has 4 N–H and O–H groups in total. The normalized spacial score (nSPS) is 21.7. The first kappa shape index (κ1) is 25.2. The number of carbonyl (C=O) groups is 1. The Labute approximate surface area is 213 Å². The maximum Gasteiger partial charge on any atom is 0.433 e. The van der Waals surface area contributed by atoms with Crippen LogP contribution in [0.5, 0.6) is 0 Å². The summed E-state index contributed by atoms with van der Waals surface area (Å²) in [5.41, 5.74) is -0.944. The fourth-order valence-electron chi connectivity index (χ4n) is 5.14. The van der Waals surface area contributed by atoms with E-state index in [0.29, 0.717) is 17.1 Å². The lowest BCUT2D eigenvalue weighted by atomic mass is 9.63. The van der Waals surface area contributed by atoms with Gasteiger partial charge in [0.2, 0.25) is 5.95 Å². The molecule has 0 amide bonds. The third-order valence-corrected chi connectivity index (χ3v) is 8.10. The van der Waals surface area contributed by atoms with Crippen molar-refractivity contribution in [3.8, 4) is 10.4 Å². The van der Waals surface area contributed by atoms with E-state index in [4.69, 9.17) is 0 Å². The summed E-state index contributed by atoms with van der Waals surface area (Å²) in [5.74, 6) is -1.60. The van der Waals surface area contributed by atoms with Gasteiger partial charge in [0, 0.05) is 40.7 Å². The van der Waals surface area contributed by atoms with Crippen molar-refractivity contribution < 1.29 is 28.2 Å². The largest absolute Gasteiger partial charge is 0.481 e. The number of hydrogen-bond donors (Lipinski definition) is 4. The molecule has 1 fully saturated rings. The van der Waals surface area contributed by atoms with Crippen LogP contribution in [0, 0.1) is 11.3 Å². The van der Waals surface area contributed by atoms with Crippen LogP contribution in [0.1, 0.15) is 43.8 Å². The van der Waals surface area contributed by atoms with E-state index in [1.807, 2.05) is 19.9 Å². The number of H-pyrrole nitrogens is 1.